The average Bonchev–Trinajstić information content (AvgIpc) is 2.22. The van der Waals surface area contributed by atoms with Crippen molar-refractivity contribution in [1.29, 1.82) is 0 Å². The predicted octanol–water partition coefficient (Wildman–Crippen LogP) is 0.0832. The molecule has 0 aliphatic carbocycles. The fourth-order valence-electron chi connectivity index (χ4n) is 1.14. The normalized spacial score (nSPS) is 9.57. The molecule has 14 heavy (non-hydrogen) atoms. The number of hydrogen-bond acceptors (Lipinski definition) is 5. The predicted molar refractivity (Wildman–Crippen MR) is 55.1 cm³/mol. The second kappa shape index (κ2) is 4.40. The summed E-state index contributed by atoms with van der Waals surface area (Å²) in [6.07, 6.45) is 2.05. The summed E-state index contributed by atoms with van der Waals surface area (Å²) >= 11 is 0. The van der Waals surface area contributed by atoms with Crippen molar-refractivity contribution in [1.82, 2.24) is 9.97 Å². The Bertz CT molecular complexity index is 328. The number of aromatic nitrogens is 2. The second-order valence-electron chi connectivity index (χ2n) is 2.60. The van der Waals surface area contributed by atoms with Gasteiger partial charge in [-0.05, 0) is 6.92 Å². The number of rotatable bonds is 4. The van der Waals surface area contributed by atoms with Crippen LogP contribution in [-0.4, -0.2) is 30.0 Å². The number of carbonyl (C=O) groups is 1. The monoisotopic (exact) mass is 195 g/mol. The lowest BCUT2D eigenvalue weighted by atomic mass is 10.3. The Morgan fingerprint density at radius 1 is 1.64 bits per heavy atom. The molecule has 0 saturated heterocycles. The van der Waals surface area contributed by atoms with Crippen LogP contribution in [0.5, 0.6) is 0 Å². The minimum absolute atomic E-state index is 0.290. The Balaban J connectivity index is 3.21. The maximum Gasteiger partial charge on any atom is 0.214 e. The van der Waals surface area contributed by atoms with Crippen LogP contribution in [0.3, 0.4) is 0 Å². The van der Waals surface area contributed by atoms with Crippen LogP contribution >= 0.6 is 0 Å². The molecule has 0 aliphatic rings. The van der Waals surface area contributed by atoms with Crippen molar-refractivity contribution in [3.63, 3.8) is 0 Å². The fraction of sp³-hybridized carbons (Fsp3) is 0.375. The van der Waals surface area contributed by atoms with Gasteiger partial charge in [-0.2, -0.15) is 0 Å². The highest BCUT2D eigenvalue weighted by Crippen LogP contribution is 2.26. The van der Waals surface area contributed by atoms with E-state index < -0.39 is 0 Å². The molecule has 3 N–H and O–H groups in total. The number of anilines is 3. The summed E-state index contributed by atoms with van der Waals surface area (Å²) in [5, 5.41) is 2.85. The Kier molecular flexibility index (Phi) is 3.22. The van der Waals surface area contributed by atoms with Crippen molar-refractivity contribution in [3.05, 3.63) is 6.33 Å². The molecule has 0 atom stereocenters. The topological polar surface area (TPSA) is 84.1 Å². The SMILES string of the molecule is CCN(C=O)c1c(N)ncnc1NC. The first-order valence-electron chi connectivity index (χ1n) is 4.24. The molecule has 0 aliphatic heterocycles. The number of nitrogens with one attached hydrogen (secondary N) is 1. The van der Waals surface area contributed by atoms with E-state index in [0.29, 0.717) is 30.3 Å². The van der Waals surface area contributed by atoms with Gasteiger partial charge in [-0.3, -0.25) is 4.79 Å². The first kappa shape index (κ1) is 10.2. The average molecular weight is 195 g/mol. The van der Waals surface area contributed by atoms with Gasteiger partial charge in [0.2, 0.25) is 6.41 Å². The van der Waals surface area contributed by atoms with Gasteiger partial charge in [0.15, 0.2) is 11.6 Å². The highest BCUT2D eigenvalue weighted by molar-refractivity contribution is 5.87. The van der Waals surface area contributed by atoms with Gasteiger partial charge >= 0.3 is 0 Å². The molecule has 0 fully saturated rings. The molecule has 0 saturated carbocycles. The lowest BCUT2D eigenvalue weighted by Crippen LogP contribution is -2.23. The van der Waals surface area contributed by atoms with Crippen molar-refractivity contribution < 1.29 is 4.79 Å². The van der Waals surface area contributed by atoms with Crippen LogP contribution in [0.1, 0.15) is 6.92 Å². The van der Waals surface area contributed by atoms with E-state index in [9.17, 15) is 4.79 Å². The zero-order chi connectivity index (χ0) is 10.6. The van der Waals surface area contributed by atoms with E-state index in [1.54, 1.807) is 7.05 Å². The third-order valence-corrected chi connectivity index (χ3v) is 1.84. The highest BCUT2D eigenvalue weighted by atomic mass is 16.1. The fourth-order valence-corrected chi connectivity index (χ4v) is 1.14. The third-order valence-electron chi connectivity index (χ3n) is 1.84. The number of amides is 1. The zero-order valence-corrected chi connectivity index (χ0v) is 8.19. The maximum atomic E-state index is 10.7. The molecule has 6 nitrogen and oxygen atoms in total. The summed E-state index contributed by atoms with van der Waals surface area (Å²) in [4.78, 5) is 20.0. The molecule has 6 heteroatoms. The summed E-state index contributed by atoms with van der Waals surface area (Å²) in [7, 11) is 1.71. The first-order valence-corrected chi connectivity index (χ1v) is 4.24. The van der Waals surface area contributed by atoms with Gasteiger partial charge in [-0.25, -0.2) is 9.97 Å². The Morgan fingerprint density at radius 3 is 2.86 bits per heavy atom. The number of nitrogens with zero attached hydrogens (tertiary/aromatic N) is 3. The number of hydrogen-bond donors (Lipinski definition) is 2. The quantitative estimate of drug-likeness (QED) is 0.665. The number of nitrogen functional groups attached to an aromatic ring is 1. The van der Waals surface area contributed by atoms with Gasteiger partial charge in [-0.1, -0.05) is 0 Å². The lowest BCUT2D eigenvalue weighted by Gasteiger charge is -2.18. The molecule has 1 rings (SSSR count). The summed E-state index contributed by atoms with van der Waals surface area (Å²) in [6.45, 7) is 2.37. The van der Waals surface area contributed by atoms with E-state index >= 15 is 0 Å². The van der Waals surface area contributed by atoms with Gasteiger partial charge in [0.05, 0.1) is 0 Å². The molecule has 1 amide bonds. The van der Waals surface area contributed by atoms with Gasteiger partial charge in [0, 0.05) is 13.6 Å². The van der Waals surface area contributed by atoms with E-state index in [4.69, 9.17) is 5.73 Å². The molecule has 1 aromatic rings. The Labute approximate surface area is 82.1 Å². The minimum atomic E-state index is 0.290. The van der Waals surface area contributed by atoms with E-state index in [0.717, 1.165) is 0 Å². The van der Waals surface area contributed by atoms with Gasteiger partial charge in [0.25, 0.3) is 0 Å². The minimum Gasteiger partial charge on any atom is -0.382 e. The van der Waals surface area contributed by atoms with E-state index in [1.165, 1.54) is 11.2 Å². The van der Waals surface area contributed by atoms with E-state index in [1.807, 2.05) is 6.92 Å². The Morgan fingerprint density at radius 2 is 2.36 bits per heavy atom. The third kappa shape index (κ3) is 1.73. The molecule has 0 spiro atoms. The molecule has 0 radical (unpaired) electrons. The summed E-state index contributed by atoms with van der Waals surface area (Å²) in [5.41, 5.74) is 6.18. The first-order chi connectivity index (χ1) is 6.74. The van der Waals surface area contributed by atoms with Gasteiger partial charge in [-0.15, -0.1) is 0 Å². The lowest BCUT2D eigenvalue weighted by molar-refractivity contribution is -0.107. The van der Waals surface area contributed by atoms with Crippen LogP contribution in [0, 0.1) is 0 Å². The van der Waals surface area contributed by atoms with Crippen molar-refractivity contribution >= 4 is 23.7 Å². The van der Waals surface area contributed by atoms with Crippen molar-refractivity contribution in [2.45, 2.75) is 6.92 Å². The molecule has 0 bridgehead atoms. The van der Waals surface area contributed by atoms with Crippen LogP contribution in [0.4, 0.5) is 17.3 Å². The molecule has 1 heterocycles. The highest BCUT2D eigenvalue weighted by Gasteiger charge is 2.13. The van der Waals surface area contributed by atoms with Crippen molar-refractivity contribution in [2.75, 3.05) is 29.5 Å². The smallest absolute Gasteiger partial charge is 0.214 e. The molecule has 0 aromatic carbocycles. The molecule has 0 unspecified atom stereocenters. The number of carbonyl (C=O) groups excluding carboxylic acids is 1. The summed E-state index contributed by atoms with van der Waals surface area (Å²) in [5.74, 6) is 0.838. The van der Waals surface area contributed by atoms with Crippen molar-refractivity contribution in [3.8, 4) is 0 Å². The summed E-state index contributed by atoms with van der Waals surface area (Å²) < 4.78 is 0. The van der Waals surface area contributed by atoms with Crippen LogP contribution in [0.25, 0.3) is 0 Å². The Hall–Kier alpha value is -1.85. The molecular weight excluding hydrogens is 182 g/mol. The maximum absolute atomic E-state index is 10.7. The van der Waals surface area contributed by atoms with Gasteiger partial charge in [0.1, 0.15) is 12.0 Å². The van der Waals surface area contributed by atoms with Crippen LogP contribution in [0.2, 0.25) is 0 Å². The standard InChI is InChI=1S/C8H13N5O/c1-3-13(5-14)6-7(9)11-4-12-8(6)10-2/h4-5H,3H2,1-2H3,(H3,9,10,11,12). The van der Waals surface area contributed by atoms with Crippen LogP contribution in [0.15, 0.2) is 6.33 Å². The van der Waals surface area contributed by atoms with Crippen LogP contribution in [-0.2, 0) is 4.79 Å². The van der Waals surface area contributed by atoms with Crippen molar-refractivity contribution in [2.24, 2.45) is 0 Å². The molecule has 1 aromatic heterocycles. The van der Waals surface area contributed by atoms with Gasteiger partial charge < -0.3 is 16.0 Å². The molecular formula is C8H13N5O. The largest absolute Gasteiger partial charge is 0.382 e. The summed E-state index contributed by atoms with van der Waals surface area (Å²) in [6, 6.07) is 0. The zero-order valence-electron chi connectivity index (χ0n) is 8.19. The number of nitrogens with two attached hydrogens (primary N) is 1. The second-order valence-corrected chi connectivity index (χ2v) is 2.60. The van der Waals surface area contributed by atoms with Crippen LogP contribution < -0.4 is 16.0 Å². The van der Waals surface area contributed by atoms with E-state index in [2.05, 4.69) is 15.3 Å². The van der Waals surface area contributed by atoms with E-state index in [-0.39, 0.29) is 0 Å². The molecule has 76 valence electrons.